The zero-order valence-electron chi connectivity index (χ0n) is 18.4. The lowest BCUT2D eigenvalue weighted by Crippen LogP contribution is -2.33. The summed E-state index contributed by atoms with van der Waals surface area (Å²) in [5, 5.41) is 5.98. The Kier molecular flexibility index (Phi) is 10.6. The number of nitrogens with zero attached hydrogens (tertiary/aromatic N) is 1. The second-order valence-corrected chi connectivity index (χ2v) is 8.10. The molecule has 0 atom stereocenters. The van der Waals surface area contributed by atoms with Crippen molar-refractivity contribution in [2.75, 3.05) is 29.9 Å². The van der Waals surface area contributed by atoms with Crippen LogP contribution in [0.25, 0.3) is 0 Å². The van der Waals surface area contributed by atoms with Crippen molar-refractivity contribution in [3.63, 3.8) is 0 Å². The highest BCUT2D eigenvalue weighted by molar-refractivity contribution is 6.02. The molecule has 1 fully saturated rings. The number of carbonyl (C=O) groups is 2. The van der Waals surface area contributed by atoms with Crippen molar-refractivity contribution in [1.29, 1.82) is 0 Å². The molecular weight excluding hydrogens is 362 g/mol. The first-order valence-corrected chi connectivity index (χ1v) is 11.6. The number of piperidine rings is 1. The quantitative estimate of drug-likeness (QED) is 0.454. The van der Waals surface area contributed by atoms with E-state index in [9.17, 15) is 9.59 Å². The zero-order valence-corrected chi connectivity index (χ0v) is 18.4. The smallest absolute Gasteiger partial charge is 0.253 e. The van der Waals surface area contributed by atoms with E-state index >= 15 is 0 Å². The van der Waals surface area contributed by atoms with E-state index in [1.54, 1.807) is 0 Å². The van der Waals surface area contributed by atoms with E-state index in [2.05, 4.69) is 22.5 Å². The van der Waals surface area contributed by atoms with Crippen LogP contribution in [0.4, 0.5) is 11.4 Å². The Morgan fingerprint density at radius 2 is 1.66 bits per heavy atom. The molecule has 1 heterocycles. The van der Waals surface area contributed by atoms with Crippen molar-refractivity contribution < 1.29 is 9.59 Å². The largest absolute Gasteiger partial charge is 0.371 e. The number of amides is 2. The fourth-order valence-electron chi connectivity index (χ4n) is 3.83. The molecule has 1 aliphatic rings. The average molecular weight is 402 g/mol. The number of hydrogen-bond acceptors (Lipinski definition) is 3. The van der Waals surface area contributed by atoms with Gasteiger partial charge >= 0.3 is 0 Å². The molecular formula is C24H39N3O2. The predicted octanol–water partition coefficient (Wildman–Crippen LogP) is 5.51. The second kappa shape index (κ2) is 13.2. The minimum absolute atomic E-state index is 0.0335. The fraction of sp³-hybridized carbons (Fsp3) is 0.667. The maximum atomic E-state index is 12.8. The van der Waals surface area contributed by atoms with Gasteiger partial charge < -0.3 is 15.5 Å². The Hall–Kier alpha value is -2.04. The van der Waals surface area contributed by atoms with Gasteiger partial charge in [-0.15, -0.1) is 0 Å². The Bertz CT molecular complexity index is 639. The van der Waals surface area contributed by atoms with Crippen molar-refractivity contribution in [3.8, 4) is 0 Å². The summed E-state index contributed by atoms with van der Waals surface area (Å²) in [5.41, 5.74) is 2.35. The maximum Gasteiger partial charge on any atom is 0.253 e. The first-order valence-electron chi connectivity index (χ1n) is 11.6. The highest BCUT2D eigenvalue weighted by Gasteiger charge is 2.19. The lowest BCUT2D eigenvalue weighted by atomic mass is 10.1. The normalized spacial score (nSPS) is 13.9. The molecule has 5 nitrogen and oxygen atoms in total. The standard InChI is InChI=1S/C24H39N3O2/c1-3-5-6-7-8-10-13-23(28)26-20-14-15-22(27-17-11-9-12-18-27)21(19-20)24(29)25-16-4-2/h14-15,19H,3-13,16-18H2,1-2H3,(H,25,29)(H,26,28). The Morgan fingerprint density at radius 3 is 2.38 bits per heavy atom. The van der Waals surface area contributed by atoms with Crippen molar-refractivity contribution in [2.24, 2.45) is 0 Å². The summed E-state index contributed by atoms with van der Waals surface area (Å²) in [5.74, 6) is -0.0226. The summed E-state index contributed by atoms with van der Waals surface area (Å²) in [6.07, 6.45) is 12.0. The third-order valence-corrected chi connectivity index (χ3v) is 5.51. The summed E-state index contributed by atoms with van der Waals surface area (Å²) in [6.45, 7) is 6.88. The van der Waals surface area contributed by atoms with E-state index in [4.69, 9.17) is 0 Å². The van der Waals surface area contributed by atoms with Crippen molar-refractivity contribution in [1.82, 2.24) is 5.32 Å². The number of unbranched alkanes of at least 4 members (excludes halogenated alkanes) is 5. The fourth-order valence-corrected chi connectivity index (χ4v) is 3.83. The molecule has 1 aromatic carbocycles. The van der Waals surface area contributed by atoms with Gasteiger partial charge in [0.2, 0.25) is 5.91 Å². The lowest BCUT2D eigenvalue weighted by Gasteiger charge is -2.30. The minimum Gasteiger partial charge on any atom is -0.371 e. The van der Waals surface area contributed by atoms with Crippen LogP contribution in [0.5, 0.6) is 0 Å². The molecule has 1 aliphatic heterocycles. The molecule has 0 spiro atoms. The maximum absolute atomic E-state index is 12.8. The lowest BCUT2D eigenvalue weighted by molar-refractivity contribution is -0.116. The molecule has 1 saturated heterocycles. The number of anilines is 2. The number of nitrogens with one attached hydrogen (secondary N) is 2. The number of hydrogen-bond donors (Lipinski definition) is 2. The number of rotatable bonds is 12. The van der Waals surface area contributed by atoms with Gasteiger partial charge in [0.05, 0.1) is 5.56 Å². The van der Waals surface area contributed by atoms with Gasteiger partial charge in [-0.25, -0.2) is 0 Å². The third kappa shape index (κ3) is 8.08. The highest BCUT2D eigenvalue weighted by Crippen LogP contribution is 2.27. The van der Waals surface area contributed by atoms with Crippen molar-refractivity contribution in [3.05, 3.63) is 23.8 Å². The molecule has 29 heavy (non-hydrogen) atoms. The van der Waals surface area contributed by atoms with Crippen LogP contribution >= 0.6 is 0 Å². The van der Waals surface area contributed by atoms with Gasteiger partial charge in [0.15, 0.2) is 0 Å². The van der Waals surface area contributed by atoms with Gasteiger partial charge in [-0.2, -0.15) is 0 Å². The first kappa shape index (κ1) is 23.2. The summed E-state index contributed by atoms with van der Waals surface area (Å²) in [7, 11) is 0. The van der Waals surface area contributed by atoms with Crippen LogP contribution in [0.3, 0.4) is 0 Å². The molecule has 0 radical (unpaired) electrons. The molecule has 0 saturated carbocycles. The van der Waals surface area contributed by atoms with Gasteiger partial charge in [-0.05, 0) is 50.3 Å². The SMILES string of the molecule is CCCCCCCCC(=O)Nc1ccc(N2CCCCC2)c(C(=O)NCCC)c1. The molecule has 1 aromatic rings. The summed E-state index contributed by atoms with van der Waals surface area (Å²) in [4.78, 5) is 27.4. The molecule has 2 N–H and O–H groups in total. The number of carbonyl (C=O) groups excluding carboxylic acids is 2. The molecule has 0 aliphatic carbocycles. The Morgan fingerprint density at radius 1 is 0.931 bits per heavy atom. The van der Waals surface area contributed by atoms with E-state index in [-0.39, 0.29) is 11.8 Å². The monoisotopic (exact) mass is 401 g/mol. The van der Waals surface area contributed by atoms with Crippen LogP contribution in [0.2, 0.25) is 0 Å². The summed E-state index contributed by atoms with van der Waals surface area (Å²) in [6, 6.07) is 5.76. The molecule has 5 heteroatoms. The van der Waals surface area contributed by atoms with Gasteiger partial charge in [0.1, 0.15) is 0 Å². The average Bonchev–Trinajstić information content (AvgIpc) is 2.75. The minimum atomic E-state index is -0.0561. The predicted molar refractivity (Wildman–Crippen MR) is 122 cm³/mol. The van der Waals surface area contributed by atoms with Crippen molar-refractivity contribution >= 4 is 23.2 Å². The van der Waals surface area contributed by atoms with Crippen LogP contribution < -0.4 is 15.5 Å². The summed E-state index contributed by atoms with van der Waals surface area (Å²) < 4.78 is 0. The van der Waals surface area contributed by atoms with Crippen LogP contribution in [-0.4, -0.2) is 31.4 Å². The molecule has 162 valence electrons. The topological polar surface area (TPSA) is 61.4 Å². The van der Waals surface area contributed by atoms with E-state index < -0.39 is 0 Å². The van der Waals surface area contributed by atoms with E-state index in [1.807, 2.05) is 25.1 Å². The van der Waals surface area contributed by atoms with Crippen LogP contribution in [-0.2, 0) is 4.79 Å². The van der Waals surface area contributed by atoms with Gasteiger partial charge in [-0.3, -0.25) is 9.59 Å². The number of benzene rings is 1. The first-order chi connectivity index (χ1) is 14.2. The molecule has 2 amide bonds. The second-order valence-electron chi connectivity index (χ2n) is 8.10. The van der Waals surface area contributed by atoms with Gasteiger partial charge in [0.25, 0.3) is 5.91 Å². The van der Waals surface area contributed by atoms with Gasteiger partial charge in [0, 0.05) is 37.4 Å². The van der Waals surface area contributed by atoms with Crippen LogP contribution in [0, 0.1) is 0 Å². The molecule has 2 rings (SSSR count). The van der Waals surface area contributed by atoms with E-state index in [0.717, 1.165) is 50.9 Å². The highest BCUT2D eigenvalue weighted by atomic mass is 16.2. The zero-order chi connectivity index (χ0) is 20.9. The van der Waals surface area contributed by atoms with E-state index in [1.165, 1.54) is 32.1 Å². The third-order valence-electron chi connectivity index (χ3n) is 5.51. The molecule has 0 aromatic heterocycles. The summed E-state index contributed by atoms with van der Waals surface area (Å²) >= 11 is 0. The van der Waals surface area contributed by atoms with Crippen LogP contribution in [0.15, 0.2) is 18.2 Å². The van der Waals surface area contributed by atoms with Crippen molar-refractivity contribution in [2.45, 2.75) is 84.5 Å². The molecule has 0 unspecified atom stereocenters. The van der Waals surface area contributed by atoms with E-state index in [0.29, 0.717) is 24.2 Å². The molecule has 0 bridgehead atoms. The van der Waals surface area contributed by atoms with Gasteiger partial charge in [-0.1, -0.05) is 46.0 Å². The Labute approximate surface area is 176 Å². The van der Waals surface area contributed by atoms with Crippen LogP contribution in [0.1, 0.15) is 94.8 Å². The Balaban J connectivity index is 1.98.